The van der Waals surface area contributed by atoms with Gasteiger partial charge in [-0.05, 0) is 32.3 Å². The Balaban J connectivity index is 1.72. The van der Waals surface area contributed by atoms with Crippen LogP contribution in [0.4, 0.5) is 8.78 Å². The summed E-state index contributed by atoms with van der Waals surface area (Å²) in [5.74, 6) is -3.61. The van der Waals surface area contributed by atoms with Crippen LogP contribution in [-0.2, 0) is 5.54 Å². The molecule has 0 atom stereocenters. The summed E-state index contributed by atoms with van der Waals surface area (Å²) in [7, 11) is 0. The van der Waals surface area contributed by atoms with Crippen molar-refractivity contribution in [3.8, 4) is 5.75 Å². The zero-order chi connectivity index (χ0) is 23.9. The van der Waals surface area contributed by atoms with Crippen molar-refractivity contribution >= 4 is 11.8 Å². The van der Waals surface area contributed by atoms with Gasteiger partial charge in [-0.25, -0.2) is 8.78 Å². The molecule has 0 unspecified atom stereocenters. The number of pyridine rings is 1. The van der Waals surface area contributed by atoms with E-state index in [9.17, 15) is 28.3 Å². The number of unbranched alkanes of at least 4 members (excludes halogenated alkanes) is 1. The van der Waals surface area contributed by atoms with E-state index in [0.29, 0.717) is 25.9 Å². The molecule has 1 aromatic carbocycles. The summed E-state index contributed by atoms with van der Waals surface area (Å²) in [6.07, 6.45) is 3.78. The summed E-state index contributed by atoms with van der Waals surface area (Å²) >= 11 is 0. The van der Waals surface area contributed by atoms with Crippen LogP contribution in [-0.4, -0.2) is 46.3 Å². The lowest BCUT2D eigenvalue weighted by Crippen LogP contribution is -2.54. The second-order valence-corrected chi connectivity index (χ2v) is 8.46. The summed E-state index contributed by atoms with van der Waals surface area (Å²) in [6.45, 7) is 4.99. The van der Waals surface area contributed by atoms with Crippen molar-refractivity contribution in [2.75, 3.05) is 24.8 Å². The minimum atomic E-state index is -1.05. The quantitative estimate of drug-likeness (QED) is 0.662. The Bertz CT molecular complexity index is 1180. The van der Waals surface area contributed by atoms with Crippen LogP contribution in [0.15, 0.2) is 29.2 Å². The van der Waals surface area contributed by atoms with Crippen LogP contribution in [0.5, 0.6) is 5.75 Å². The maximum absolute atomic E-state index is 14.3. The molecule has 1 aliphatic carbocycles. The number of hydrogen-bond donors (Lipinski definition) is 2. The highest BCUT2D eigenvalue weighted by molar-refractivity contribution is 5.99. The van der Waals surface area contributed by atoms with E-state index in [1.165, 1.54) is 21.8 Å². The van der Waals surface area contributed by atoms with Gasteiger partial charge in [0.25, 0.3) is 11.8 Å². The number of carbonyl (C=O) groups is 2. The van der Waals surface area contributed by atoms with Gasteiger partial charge in [0.2, 0.25) is 5.43 Å². The van der Waals surface area contributed by atoms with Crippen LogP contribution >= 0.6 is 0 Å². The van der Waals surface area contributed by atoms with Crippen LogP contribution in [0.2, 0.25) is 0 Å². The zero-order valence-electron chi connectivity index (χ0n) is 18.5. The highest BCUT2D eigenvalue weighted by Crippen LogP contribution is 2.46. The Morgan fingerprint density at radius 3 is 2.55 bits per heavy atom. The van der Waals surface area contributed by atoms with Crippen LogP contribution in [0, 0.1) is 11.6 Å². The van der Waals surface area contributed by atoms with Gasteiger partial charge in [0.1, 0.15) is 23.9 Å². The van der Waals surface area contributed by atoms with Gasteiger partial charge in [0, 0.05) is 30.9 Å². The van der Waals surface area contributed by atoms with Gasteiger partial charge in [-0.2, -0.15) is 0 Å². The number of benzene rings is 1. The molecular weight excluding hydrogens is 434 g/mol. The predicted molar refractivity (Wildman–Crippen MR) is 117 cm³/mol. The van der Waals surface area contributed by atoms with Gasteiger partial charge >= 0.3 is 0 Å². The maximum Gasteiger partial charge on any atom is 0.277 e. The second-order valence-electron chi connectivity index (χ2n) is 8.46. The molecule has 4 rings (SSSR count). The van der Waals surface area contributed by atoms with Crippen molar-refractivity contribution in [1.29, 1.82) is 0 Å². The monoisotopic (exact) mass is 460 g/mol. The largest absolute Gasteiger partial charge is 0.502 e. The Kier molecular flexibility index (Phi) is 5.85. The van der Waals surface area contributed by atoms with Crippen molar-refractivity contribution in [2.45, 2.75) is 45.1 Å². The average Bonchev–Trinajstić information content (AvgIpc) is 3.55. The molecule has 0 bridgehead atoms. The van der Waals surface area contributed by atoms with E-state index in [2.05, 4.69) is 5.32 Å². The van der Waals surface area contributed by atoms with Crippen molar-refractivity contribution in [3.05, 3.63) is 63.1 Å². The lowest BCUT2D eigenvalue weighted by molar-refractivity contribution is 0.0695. The number of aromatic hydroxyl groups is 1. The minimum absolute atomic E-state index is 0.137. The third-order valence-corrected chi connectivity index (χ3v) is 6.24. The summed E-state index contributed by atoms with van der Waals surface area (Å²) in [5, 5.41) is 15.1. The van der Waals surface area contributed by atoms with Crippen molar-refractivity contribution in [2.24, 2.45) is 0 Å². The smallest absolute Gasteiger partial charge is 0.277 e. The number of rotatable bonds is 7. The molecule has 1 aliphatic heterocycles. The molecule has 1 fully saturated rings. The number of aromatic nitrogens is 1. The molecule has 8 nitrogen and oxygen atoms in total. The highest BCUT2D eigenvalue weighted by atomic mass is 19.1. The number of halogens is 2. The Hall–Kier alpha value is -3.43. The van der Waals surface area contributed by atoms with Gasteiger partial charge in [-0.1, -0.05) is 19.4 Å². The molecule has 0 radical (unpaired) electrons. The third-order valence-electron chi connectivity index (χ3n) is 6.24. The van der Waals surface area contributed by atoms with Gasteiger partial charge in [0.15, 0.2) is 11.4 Å². The Morgan fingerprint density at radius 1 is 1.21 bits per heavy atom. The van der Waals surface area contributed by atoms with Gasteiger partial charge in [-0.15, -0.1) is 0 Å². The lowest BCUT2D eigenvalue weighted by Gasteiger charge is -2.39. The topological polar surface area (TPSA) is 94.9 Å². The molecule has 176 valence electrons. The van der Waals surface area contributed by atoms with E-state index in [1.807, 2.05) is 6.92 Å². The van der Waals surface area contributed by atoms with E-state index in [1.54, 1.807) is 11.9 Å². The molecule has 2 aliphatic rings. The maximum atomic E-state index is 14.3. The van der Waals surface area contributed by atoms with Crippen LogP contribution in [0.25, 0.3) is 0 Å². The van der Waals surface area contributed by atoms with Crippen molar-refractivity contribution in [3.63, 3.8) is 0 Å². The number of nitrogens with zero attached hydrogens (tertiary/aromatic N) is 3. The fourth-order valence-corrected chi connectivity index (χ4v) is 4.16. The van der Waals surface area contributed by atoms with Gasteiger partial charge in [-0.3, -0.25) is 24.1 Å². The number of hydrogen-bond acceptors (Lipinski definition) is 5. The van der Waals surface area contributed by atoms with Crippen LogP contribution in [0.3, 0.4) is 0 Å². The summed E-state index contributed by atoms with van der Waals surface area (Å²) < 4.78 is 29.0. The number of carbonyl (C=O) groups excluding carboxylic acids is 2. The molecular formula is C23H26F2N4O4. The lowest BCUT2D eigenvalue weighted by atomic mass is 10.0. The standard InChI is InChI=1S/C23H26F2N4O4/c1-3-5-10-28-13-27(4-2)22(33)18-20(31)19(30)15(12-29(18)28)21(32)26-23(8-9-23)16-7-6-14(24)11-17(16)25/h6-7,11-12,31H,3-5,8-10,13H2,1-2H3,(H,26,32). The van der Waals surface area contributed by atoms with E-state index >= 15 is 0 Å². The fraction of sp³-hybridized carbons (Fsp3) is 0.435. The summed E-state index contributed by atoms with van der Waals surface area (Å²) in [4.78, 5) is 40.3. The minimum Gasteiger partial charge on any atom is -0.502 e. The fourth-order valence-electron chi connectivity index (χ4n) is 4.16. The first kappa shape index (κ1) is 22.8. The first-order chi connectivity index (χ1) is 15.7. The van der Waals surface area contributed by atoms with Gasteiger partial charge in [0.05, 0.1) is 5.54 Å². The van der Waals surface area contributed by atoms with E-state index < -0.39 is 40.2 Å². The summed E-state index contributed by atoms with van der Waals surface area (Å²) in [6, 6.07) is 3.14. The number of nitrogens with one attached hydrogen (secondary N) is 1. The molecule has 0 spiro atoms. The van der Waals surface area contributed by atoms with E-state index in [-0.39, 0.29) is 23.5 Å². The normalized spacial score (nSPS) is 16.5. The van der Waals surface area contributed by atoms with Crippen molar-refractivity contribution in [1.82, 2.24) is 14.9 Å². The molecule has 1 saturated carbocycles. The Morgan fingerprint density at radius 2 is 1.94 bits per heavy atom. The molecule has 2 heterocycles. The third kappa shape index (κ3) is 3.94. The zero-order valence-corrected chi connectivity index (χ0v) is 18.5. The molecule has 2 N–H and O–H groups in total. The number of amides is 2. The number of fused-ring (bicyclic) bond motifs is 1. The molecule has 2 amide bonds. The molecule has 33 heavy (non-hydrogen) atoms. The first-order valence-electron chi connectivity index (χ1n) is 11.0. The van der Waals surface area contributed by atoms with Gasteiger partial charge < -0.3 is 15.3 Å². The SMILES string of the molecule is CCCCN1CN(CC)C(=O)c2c(O)c(=O)c(C(=O)NC3(c4ccc(F)cc4F)CC3)cn21. The highest BCUT2D eigenvalue weighted by Gasteiger charge is 2.48. The molecule has 10 heteroatoms. The molecule has 1 aromatic heterocycles. The summed E-state index contributed by atoms with van der Waals surface area (Å²) in [5.41, 5.74) is -2.43. The van der Waals surface area contributed by atoms with Crippen molar-refractivity contribution < 1.29 is 23.5 Å². The Labute approximate surface area is 189 Å². The van der Waals surface area contributed by atoms with Crippen LogP contribution < -0.4 is 15.8 Å². The molecule has 0 saturated heterocycles. The first-order valence-corrected chi connectivity index (χ1v) is 11.0. The van der Waals surface area contributed by atoms with E-state index in [4.69, 9.17) is 0 Å². The van der Waals surface area contributed by atoms with E-state index in [0.717, 1.165) is 25.0 Å². The molecule has 2 aromatic rings. The average molecular weight is 460 g/mol. The predicted octanol–water partition coefficient (Wildman–Crippen LogP) is 2.42. The van der Waals surface area contributed by atoms with Crippen LogP contribution in [0.1, 0.15) is 65.9 Å². The second kappa shape index (κ2) is 8.49.